The third-order valence-electron chi connectivity index (χ3n) is 4.14. The molecule has 0 saturated heterocycles. The van der Waals surface area contributed by atoms with Crippen molar-refractivity contribution < 1.29 is 9.13 Å². The molecule has 2 aromatic carbocycles. The third-order valence-corrected chi connectivity index (χ3v) is 4.14. The highest BCUT2D eigenvalue weighted by molar-refractivity contribution is 6.00. The maximum Gasteiger partial charge on any atom is 0.128 e. The van der Waals surface area contributed by atoms with Gasteiger partial charge in [0.25, 0.3) is 0 Å². The van der Waals surface area contributed by atoms with Crippen molar-refractivity contribution in [2.45, 2.75) is 19.1 Å². The molecule has 0 amide bonds. The van der Waals surface area contributed by atoms with Gasteiger partial charge in [-0.15, -0.1) is 0 Å². The molecule has 2 aromatic rings. The predicted octanol–water partition coefficient (Wildman–Crippen LogP) is 2.97. The SMILES string of the molecule is N=C1c2cc(F)ccc2CN1CC1Cc2ccccc2O1. The van der Waals surface area contributed by atoms with E-state index in [1.165, 1.54) is 17.7 Å². The zero-order chi connectivity index (χ0) is 14.4. The van der Waals surface area contributed by atoms with Gasteiger partial charge in [0, 0.05) is 18.5 Å². The molecule has 4 rings (SSSR count). The van der Waals surface area contributed by atoms with Crippen LogP contribution in [0.5, 0.6) is 5.75 Å². The Morgan fingerprint density at radius 1 is 1.19 bits per heavy atom. The van der Waals surface area contributed by atoms with Crippen LogP contribution < -0.4 is 4.74 Å². The maximum absolute atomic E-state index is 13.3. The molecule has 0 spiro atoms. The average Bonchev–Trinajstić information content (AvgIpc) is 3.01. The highest BCUT2D eigenvalue weighted by Gasteiger charge is 2.30. The van der Waals surface area contributed by atoms with Crippen LogP contribution in [-0.2, 0) is 13.0 Å². The van der Waals surface area contributed by atoms with Crippen LogP contribution in [0.4, 0.5) is 4.39 Å². The molecule has 1 unspecified atom stereocenters. The molecule has 0 fully saturated rings. The van der Waals surface area contributed by atoms with Crippen LogP contribution in [0.3, 0.4) is 0 Å². The molecule has 0 aliphatic carbocycles. The van der Waals surface area contributed by atoms with Gasteiger partial charge in [-0.2, -0.15) is 0 Å². The minimum Gasteiger partial charge on any atom is -0.488 e. The monoisotopic (exact) mass is 282 g/mol. The Labute approximate surface area is 122 Å². The van der Waals surface area contributed by atoms with E-state index in [1.54, 1.807) is 6.07 Å². The van der Waals surface area contributed by atoms with Crippen molar-refractivity contribution in [1.29, 1.82) is 5.41 Å². The summed E-state index contributed by atoms with van der Waals surface area (Å²) in [6, 6.07) is 12.7. The van der Waals surface area contributed by atoms with Crippen LogP contribution in [0.25, 0.3) is 0 Å². The Morgan fingerprint density at radius 3 is 2.90 bits per heavy atom. The van der Waals surface area contributed by atoms with Crippen LogP contribution in [0.2, 0.25) is 0 Å². The van der Waals surface area contributed by atoms with Crippen molar-refractivity contribution in [3.8, 4) is 5.75 Å². The Kier molecular flexibility index (Phi) is 2.70. The zero-order valence-corrected chi connectivity index (χ0v) is 11.5. The van der Waals surface area contributed by atoms with Gasteiger partial charge in [-0.3, -0.25) is 5.41 Å². The summed E-state index contributed by atoms with van der Waals surface area (Å²) >= 11 is 0. The van der Waals surface area contributed by atoms with Gasteiger partial charge in [-0.05, 0) is 29.3 Å². The lowest BCUT2D eigenvalue weighted by atomic mass is 10.1. The summed E-state index contributed by atoms with van der Waals surface area (Å²) in [4.78, 5) is 1.96. The van der Waals surface area contributed by atoms with Crippen molar-refractivity contribution in [1.82, 2.24) is 4.90 Å². The maximum atomic E-state index is 13.3. The van der Waals surface area contributed by atoms with Gasteiger partial charge in [0.2, 0.25) is 0 Å². The number of halogens is 1. The smallest absolute Gasteiger partial charge is 0.128 e. The second kappa shape index (κ2) is 4.58. The average molecular weight is 282 g/mol. The standard InChI is InChI=1S/C17H15FN2O/c18-13-6-5-12-9-20(17(19)15(12)8-13)10-14-7-11-3-1-2-4-16(11)21-14/h1-6,8,14,19H,7,9-10H2. The second-order valence-corrected chi connectivity index (χ2v) is 5.58. The second-order valence-electron chi connectivity index (χ2n) is 5.58. The number of nitrogens with zero attached hydrogens (tertiary/aromatic N) is 1. The first kappa shape index (κ1) is 12.4. The third kappa shape index (κ3) is 2.07. The summed E-state index contributed by atoms with van der Waals surface area (Å²) in [6.45, 7) is 1.31. The number of rotatable bonds is 2. The van der Waals surface area contributed by atoms with Gasteiger partial charge in [-0.1, -0.05) is 24.3 Å². The highest BCUT2D eigenvalue weighted by Crippen LogP contribution is 2.30. The van der Waals surface area contributed by atoms with E-state index < -0.39 is 0 Å². The molecule has 0 bridgehead atoms. The molecule has 106 valence electrons. The summed E-state index contributed by atoms with van der Waals surface area (Å²) in [5.74, 6) is 1.05. The van der Waals surface area contributed by atoms with E-state index >= 15 is 0 Å². The first-order chi connectivity index (χ1) is 10.2. The number of benzene rings is 2. The molecule has 2 heterocycles. The lowest BCUT2D eigenvalue weighted by Gasteiger charge is -2.21. The van der Waals surface area contributed by atoms with E-state index in [2.05, 4.69) is 6.07 Å². The predicted molar refractivity (Wildman–Crippen MR) is 78.2 cm³/mol. The molecular formula is C17H15FN2O. The molecular weight excluding hydrogens is 267 g/mol. The highest BCUT2D eigenvalue weighted by atomic mass is 19.1. The molecule has 1 N–H and O–H groups in total. The number of fused-ring (bicyclic) bond motifs is 2. The largest absolute Gasteiger partial charge is 0.488 e. The van der Waals surface area contributed by atoms with E-state index in [0.717, 1.165) is 17.7 Å². The van der Waals surface area contributed by atoms with Gasteiger partial charge in [0.15, 0.2) is 0 Å². The van der Waals surface area contributed by atoms with Crippen LogP contribution in [0.15, 0.2) is 42.5 Å². The molecule has 2 aliphatic heterocycles. The van der Waals surface area contributed by atoms with Crippen LogP contribution in [0.1, 0.15) is 16.7 Å². The lowest BCUT2D eigenvalue weighted by molar-refractivity contribution is 0.190. The first-order valence-electron chi connectivity index (χ1n) is 7.07. The van der Waals surface area contributed by atoms with Crippen molar-refractivity contribution in [3.63, 3.8) is 0 Å². The molecule has 2 aliphatic rings. The van der Waals surface area contributed by atoms with Crippen molar-refractivity contribution in [3.05, 3.63) is 65.0 Å². The zero-order valence-electron chi connectivity index (χ0n) is 11.5. The molecule has 0 saturated carbocycles. The van der Waals surface area contributed by atoms with Crippen LogP contribution in [0, 0.1) is 11.2 Å². The van der Waals surface area contributed by atoms with Crippen molar-refractivity contribution in [2.24, 2.45) is 0 Å². The lowest BCUT2D eigenvalue weighted by Crippen LogP contribution is -2.35. The molecule has 3 nitrogen and oxygen atoms in total. The summed E-state index contributed by atoms with van der Waals surface area (Å²) in [6.07, 6.45) is 0.923. The quantitative estimate of drug-likeness (QED) is 0.919. The summed E-state index contributed by atoms with van der Waals surface area (Å²) < 4.78 is 19.2. The molecule has 21 heavy (non-hydrogen) atoms. The molecule has 0 aromatic heterocycles. The minimum absolute atomic E-state index is 0.0573. The fourth-order valence-electron chi connectivity index (χ4n) is 3.12. The summed E-state index contributed by atoms with van der Waals surface area (Å²) in [5.41, 5.74) is 2.93. The normalized spacial score (nSPS) is 19.4. The number of amidine groups is 1. The van der Waals surface area contributed by atoms with Crippen molar-refractivity contribution >= 4 is 5.84 Å². The number of ether oxygens (including phenoxy) is 1. The van der Waals surface area contributed by atoms with E-state index in [-0.39, 0.29) is 11.9 Å². The number of para-hydroxylation sites is 1. The number of nitrogens with one attached hydrogen (secondary N) is 1. The fraction of sp³-hybridized carbons (Fsp3) is 0.235. The first-order valence-corrected chi connectivity index (χ1v) is 7.07. The van der Waals surface area contributed by atoms with Gasteiger partial charge in [0.05, 0.1) is 6.54 Å². The van der Waals surface area contributed by atoms with E-state index in [1.807, 2.05) is 23.1 Å². The Balaban J connectivity index is 1.50. The van der Waals surface area contributed by atoms with Gasteiger partial charge < -0.3 is 9.64 Å². The van der Waals surface area contributed by atoms with E-state index in [0.29, 0.717) is 24.5 Å². The Bertz CT molecular complexity index is 703. The fourth-order valence-corrected chi connectivity index (χ4v) is 3.12. The van der Waals surface area contributed by atoms with Gasteiger partial charge >= 0.3 is 0 Å². The number of hydrogen-bond acceptors (Lipinski definition) is 2. The van der Waals surface area contributed by atoms with Crippen LogP contribution >= 0.6 is 0 Å². The minimum atomic E-state index is -0.287. The van der Waals surface area contributed by atoms with E-state index in [4.69, 9.17) is 10.1 Å². The van der Waals surface area contributed by atoms with E-state index in [9.17, 15) is 4.39 Å². The summed E-state index contributed by atoms with van der Waals surface area (Å²) in [5, 5.41) is 8.21. The number of hydrogen-bond donors (Lipinski definition) is 1. The molecule has 0 radical (unpaired) electrons. The van der Waals surface area contributed by atoms with Gasteiger partial charge in [0.1, 0.15) is 23.5 Å². The Hall–Kier alpha value is -2.36. The summed E-state index contributed by atoms with van der Waals surface area (Å²) in [7, 11) is 0. The van der Waals surface area contributed by atoms with Crippen molar-refractivity contribution in [2.75, 3.05) is 6.54 Å². The molecule has 4 heteroatoms. The molecule has 1 atom stereocenters. The van der Waals surface area contributed by atoms with Gasteiger partial charge in [-0.25, -0.2) is 4.39 Å². The topological polar surface area (TPSA) is 36.3 Å². The Morgan fingerprint density at radius 2 is 2.05 bits per heavy atom. The van der Waals surface area contributed by atoms with Crippen LogP contribution in [-0.4, -0.2) is 23.4 Å².